The summed E-state index contributed by atoms with van der Waals surface area (Å²) in [4.78, 5) is 18.4. The van der Waals surface area contributed by atoms with E-state index in [9.17, 15) is 4.79 Å². The Morgan fingerprint density at radius 1 is 1.44 bits per heavy atom. The van der Waals surface area contributed by atoms with E-state index >= 15 is 0 Å². The van der Waals surface area contributed by atoms with E-state index in [1.165, 1.54) is 11.3 Å². The fraction of sp³-hybridized carbons (Fsp3) is 0.692. The van der Waals surface area contributed by atoms with Crippen molar-refractivity contribution in [1.29, 1.82) is 0 Å². The van der Waals surface area contributed by atoms with E-state index in [1.54, 1.807) is 0 Å². The van der Waals surface area contributed by atoms with Gasteiger partial charge >= 0.3 is 0 Å². The van der Waals surface area contributed by atoms with Crippen molar-refractivity contribution >= 4 is 22.4 Å². The minimum absolute atomic E-state index is 0.0768. The Morgan fingerprint density at radius 3 is 2.67 bits per heavy atom. The zero-order chi connectivity index (χ0) is 13.2. The molecule has 0 saturated carbocycles. The molecular weight excluding hydrogens is 246 g/mol. The van der Waals surface area contributed by atoms with Crippen molar-refractivity contribution in [3.05, 3.63) is 11.1 Å². The molecule has 0 unspecified atom stereocenters. The molecule has 1 fully saturated rings. The van der Waals surface area contributed by atoms with Gasteiger partial charge in [0.1, 0.15) is 5.69 Å². The second-order valence-corrected chi connectivity index (χ2v) is 5.79. The summed E-state index contributed by atoms with van der Waals surface area (Å²) in [5.41, 5.74) is 0.938. The van der Waals surface area contributed by atoms with E-state index in [-0.39, 0.29) is 5.91 Å². The number of aromatic nitrogens is 1. The molecule has 1 amide bonds. The smallest absolute Gasteiger partial charge is 0.273 e. The number of likely N-dealkylation sites (tertiary alicyclic amines) is 1. The van der Waals surface area contributed by atoms with Crippen molar-refractivity contribution in [2.24, 2.45) is 5.41 Å². The highest BCUT2D eigenvalue weighted by atomic mass is 32.1. The van der Waals surface area contributed by atoms with Gasteiger partial charge < -0.3 is 10.2 Å². The highest BCUT2D eigenvalue weighted by Crippen LogP contribution is 2.37. The van der Waals surface area contributed by atoms with Crippen LogP contribution in [0.3, 0.4) is 0 Å². The zero-order valence-corrected chi connectivity index (χ0v) is 12.1. The first-order valence-electron chi connectivity index (χ1n) is 6.62. The van der Waals surface area contributed by atoms with E-state index in [0.717, 1.165) is 37.6 Å². The molecule has 2 heterocycles. The lowest BCUT2D eigenvalue weighted by Gasteiger charge is -2.49. The summed E-state index contributed by atoms with van der Waals surface area (Å²) in [6, 6.07) is 0. The van der Waals surface area contributed by atoms with Crippen LogP contribution in [0.5, 0.6) is 0 Å². The molecule has 1 aliphatic rings. The molecule has 0 radical (unpaired) electrons. The van der Waals surface area contributed by atoms with Crippen LogP contribution in [0.2, 0.25) is 0 Å². The Hall–Kier alpha value is -1.10. The molecule has 1 aliphatic heterocycles. The van der Waals surface area contributed by atoms with Crippen LogP contribution >= 0.6 is 11.3 Å². The number of anilines is 1. The molecule has 0 bridgehead atoms. The first-order valence-corrected chi connectivity index (χ1v) is 7.50. The summed E-state index contributed by atoms with van der Waals surface area (Å²) in [6.07, 6.45) is 2.29. The third-order valence-corrected chi connectivity index (χ3v) is 4.69. The Kier molecular flexibility index (Phi) is 3.90. The topological polar surface area (TPSA) is 45.2 Å². The number of carbonyl (C=O) groups excluding carboxylic acids is 1. The number of thiazole rings is 1. The maximum absolute atomic E-state index is 12.2. The second kappa shape index (κ2) is 5.26. The average Bonchev–Trinajstić information content (AvgIpc) is 2.78. The fourth-order valence-corrected chi connectivity index (χ4v) is 3.13. The predicted octanol–water partition coefficient (Wildman–Crippen LogP) is 2.84. The molecule has 1 saturated heterocycles. The summed E-state index contributed by atoms with van der Waals surface area (Å²) in [6.45, 7) is 9.03. The number of hydrogen-bond donors (Lipinski definition) is 1. The lowest BCUT2D eigenvalue weighted by Crippen LogP contribution is -2.57. The van der Waals surface area contributed by atoms with Gasteiger partial charge in [0.2, 0.25) is 0 Å². The highest BCUT2D eigenvalue weighted by Gasteiger charge is 2.42. The van der Waals surface area contributed by atoms with Crippen LogP contribution in [0.4, 0.5) is 5.13 Å². The van der Waals surface area contributed by atoms with Crippen LogP contribution in [-0.4, -0.2) is 35.4 Å². The van der Waals surface area contributed by atoms with Crippen molar-refractivity contribution in [2.45, 2.75) is 33.6 Å². The van der Waals surface area contributed by atoms with Crippen molar-refractivity contribution in [1.82, 2.24) is 9.88 Å². The molecule has 100 valence electrons. The minimum Gasteiger partial charge on any atom is -0.362 e. The SMILES string of the molecule is CCNc1nc(C(=O)N2CC(CC)(CC)C2)cs1. The third-order valence-electron chi connectivity index (χ3n) is 3.89. The molecule has 0 aliphatic carbocycles. The number of nitrogens with one attached hydrogen (secondary N) is 1. The van der Waals surface area contributed by atoms with Crippen molar-refractivity contribution in [3.8, 4) is 0 Å². The molecule has 0 atom stereocenters. The van der Waals surface area contributed by atoms with Gasteiger partial charge in [-0.25, -0.2) is 4.98 Å². The molecule has 0 aromatic carbocycles. The number of carbonyl (C=O) groups is 1. The summed E-state index contributed by atoms with van der Waals surface area (Å²) in [5.74, 6) is 0.0768. The van der Waals surface area contributed by atoms with Crippen molar-refractivity contribution in [3.63, 3.8) is 0 Å². The van der Waals surface area contributed by atoms with Gasteiger partial charge in [-0.1, -0.05) is 13.8 Å². The fourth-order valence-electron chi connectivity index (χ4n) is 2.37. The molecule has 5 heteroatoms. The van der Waals surface area contributed by atoms with E-state index in [2.05, 4.69) is 24.1 Å². The van der Waals surface area contributed by atoms with Crippen LogP contribution in [0.15, 0.2) is 5.38 Å². The minimum atomic E-state index is 0.0768. The molecule has 1 aromatic heterocycles. The average molecular weight is 267 g/mol. The summed E-state index contributed by atoms with van der Waals surface area (Å²) < 4.78 is 0. The summed E-state index contributed by atoms with van der Waals surface area (Å²) >= 11 is 1.50. The van der Waals surface area contributed by atoms with Crippen LogP contribution in [0, 0.1) is 5.41 Å². The summed E-state index contributed by atoms with van der Waals surface area (Å²) in [7, 11) is 0. The Bertz CT molecular complexity index is 418. The van der Waals surface area contributed by atoms with Crippen LogP contribution in [-0.2, 0) is 0 Å². The molecule has 4 nitrogen and oxygen atoms in total. The molecule has 0 spiro atoms. The molecule has 1 N–H and O–H groups in total. The molecular formula is C13H21N3OS. The molecule has 2 rings (SSSR count). The van der Waals surface area contributed by atoms with Gasteiger partial charge in [0.25, 0.3) is 5.91 Å². The van der Waals surface area contributed by atoms with Gasteiger partial charge in [0.15, 0.2) is 5.13 Å². The van der Waals surface area contributed by atoms with Crippen LogP contribution in [0.1, 0.15) is 44.1 Å². The van der Waals surface area contributed by atoms with Gasteiger partial charge in [-0.05, 0) is 19.8 Å². The maximum atomic E-state index is 12.2. The van der Waals surface area contributed by atoms with E-state index < -0.39 is 0 Å². The lowest BCUT2D eigenvalue weighted by molar-refractivity contribution is 0.000957. The summed E-state index contributed by atoms with van der Waals surface area (Å²) in [5, 5.41) is 5.81. The van der Waals surface area contributed by atoms with Gasteiger partial charge in [-0.2, -0.15) is 0 Å². The number of nitrogens with zero attached hydrogens (tertiary/aromatic N) is 2. The maximum Gasteiger partial charge on any atom is 0.273 e. The van der Waals surface area contributed by atoms with E-state index in [0.29, 0.717) is 11.1 Å². The van der Waals surface area contributed by atoms with Gasteiger partial charge in [-0.15, -0.1) is 11.3 Å². The molecule has 1 aromatic rings. The van der Waals surface area contributed by atoms with Gasteiger partial charge in [0.05, 0.1) is 0 Å². The first-order chi connectivity index (χ1) is 8.64. The highest BCUT2D eigenvalue weighted by molar-refractivity contribution is 7.13. The van der Waals surface area contributed by atoms with E-state index in [4.69, 9.17) is 0 Å². The van der Waals surface area contributed by atoms with Crippen molar-refractivity contribution < 1.29 is 4.79 Å². The molecule has 18 heavy (non-hydrogen) atoms. The third kappa shape index (κ3) is 2.36. The standard InChI is InChI=1S/C13H21N3OS/c1-4-13(5-2)8-16(9-13)11(17)10-7-18-12(15-10)14-6-3/h7H,4-6,8-9H2,1-3H3,(H,14,15). The number of rotatable bonds is 5. The quantitative estimate of drug-likeness (QED) is 0.892. The number of amides is 1. The second-order valence-electron chi connectivity index (χ2n) is 4.94. The number of hydrogen-bond acceptors (Lipinski definition) is 4. The zero-order valence-electron chi connectivity index (χ0n) is 11.3. The normalized spacial score (nSPS) is 17.4. The van der Waals surface area contributed by atoms with Gasteiger partial charge in [-0.3, -0.25) is 4.79 Å². The Morgan fingerprint density at radius 2 is 2.11 bits per heavy atom. The Balaban J connectivity index is 1.96. The largest absolute Gasteiger partial charge is 0.362 e. The Labute approximate surface area is 112 Å². The first kappa shape index (κ1) is 13.3. The lowest BCUT2D eigenvalue weighted by atomic mass is 9.75. The monoisotopic (exact) mass is 267 g/mol. The van der Waals surface area contributed by atoms with Crippen molar-refractivity contribution in [2.75, 3.05) is 25.0 Å². The van der Waals surface area contributed by atoms with Gasteiger partial charge in [0, 0.05) is 30.4 Å². The van der Waals surface area contributed by atoms with Crippen LogP contribution < -0.4 is 5.32 Å². The van der Waals surface area contributed by atoms with E-state index in [1.807, 2.05) is 17.2 Å². The van der Waals surface area contributed by atoms with Crippen LogP contribution in [0.25, 0.3) is 0 Å². The predicted molar refractivity (Wildman–Crippen MR) is 75.2 cm³/mol.